The van der Waals surface area contributed by atoms with Crippen molar-refractivity contribution in [1.82, 2.24) is 9.38 Å². The van der Waals surface area contributed by atoms with Crippen LogP contribution in [0.4, 0.5) is 32.2 Å². The molecule has 4 aromatic rings. The third-order valence-electron chi connectivity index (χ3n) is 4.76. The average molecular weight is 477 g/mol. The predicted molar refractivity (Wildman–Crippen MR) is 111 cm³/mol. The largest absolute Gasteiger partial charge is 0.416 e. The van der Waals surface area contributed by atoms with Gasteiger partial charge in [0.1, 0.15) is 5.65 Å². The Kier molecular flexibility index (Phi) is 6.10. The summed E-state index contributed by atoms with van der Waals surface area (Å²) in [6.07, 6.45) is -5.12. The van der Waals surface area contributed by atoms with Crippen LogP contribution in [-0.2, 0) is 10.9 Å². The molecule has 0 radical (unpaired) electrons. The second-order valence-electron chi connectivity index (χ2n) is 6.94. The van der Waals surface area contributed by atoms with Gasteiger partial charge in [-0.2, -0.15) is 26.9 Å². The Morgan fingerprint density at radius 2 is 1.62 bits per heavy atom. The summed E-state index contributed by atoms with van der Waals surface area (Å²) in [6, 6.07) is 15.0. The van der Waals surface area contributed by atoms with E-state index in [0.29, 0.717) is 5.56 Å². The average Bonchev–Trinajstić information content (AvgIpc) is 3.14. The van der Waals surface area contributed by atoms with Gasteiger partial charge in [0.15, 0.2) is 11.6 Å². The molecule has 0 bridgehead atoms. The molecule has 0 amide bonds. The molecule has 0 aliphatic rings. The number of aromatic nitrogens is 2. The maximum atomic E-state index is 13.8. The molecule has 0 saturated carbocycles. The summed E-state index contributed by atoms with van der Waals surface area (Å²) < 4.78 is 82.4. The molecule has 0 N–H and O–H groups in total. The smallest absolute Gasteiger partial charge is 0.393 e. The number of nitrogens with zero attached hydrogens (tertiary/aromatic N) is 3. The highest BCUT2D eigenvalue weighted by Crippen LogP contribution is 2.35. The molecule has 11 heteroatoms. The van der Waals surface area contributed by atoms with Crippen LogP contribution in [0.25, 0.3) is 16.9 Å². The number of pyridine rings is 1. The van der Waals surface area contributed by atoms with Gasteiger partial charge < -0.3 is 4.74 Å². The van der Waals surface area contributed by atoms with Gasteiger partial charge in [0, 0.05) is 22.9 Å². The van der Waals surface area contributed by atoms with E-state index in [9.17, 15) is 31.1 Å². The fraction of sp³-hybridized carbons (Fsp3) is 0.0870. The number of fused-ring (bicyclic) bond motifs is 1. The molecular weight excluding hydrogens is 464 g/mol. The normalized spacial score (nSPS) is 12.4. The van der Waals surface area contributed by atoms with Crippen LogP contribution in [0.3, 0.4) is 0 Å². The lowest BCUT2D eigenvalue weighted by molar-refractivity contribution is -0.137. The standard InChI is InChI=1S/C23H13F6N3O2/c24-21(25)34-22(26)31-20-18(13-6-9-16(10-7-13)23(27,28)29)32-12-15(8-11-17(32)30-20)19(33)14-4-2-1-3-5-14/h1-12,21H/b31-22-. The van der Waals surface area contributed by atoms with Gasteiger partial charge in [-0.15, -0.1) is 4.39 Å². The Balaban J connectivity index is 1.88. The quantitative estimate of drug-likeness (QED) is 0.144. The molecule has 2 heterocycles. The Morgan fingerprint density at radius 3 is 2.24 bits per heavy atom. The number of halogens is 6. The van der Waals surface area contributed by atoms with Crippen LogP contribution in [0.1, 0.15) is 21.5 Å². The zero-order chi connectivity index (χ0) is 24.5. The Morgan fingerprint density at radius 1 is 0.941 bits per heavy atom. The van der Waals surface area contributed by atoms with Crippen molar-refractivity contribution in [2.24, 2.45) is 4.99 Å². The molecule has 0 spiro atoms. The highest BCUT2D eigenvalue weighted by atomic mass is 19.4. The summed E-state index contributed by atoms with van der Waals surface area (Å²) in [5.41, 5.74) is -0.116. The van der Waals surface area contributed by atoms with Crippen molar-refractivity contribution in [3.8, 4) is 11.3 Å². The van der Waals surface area contributed by atoms with E-state index in [0.717, 1.165) is 24.3 Å². The third kappa shape index (κ3) is 4.77. The molecule has 0 aliphatic heterocycles. The van der Waals surface area contributed by atoms with Crippen molar-refractivity contribution in [3.05, 3.63) is 89.6 Å². The van der Waals surface area contributed by atoms with Crippen LogP contribution in [-0.4, -0.2) is 27.9 Å². The molecular formula is C23H13F6N3O2. The predicted octanol–water partition coefficient (Wildman–Crippen LogP) is 6.45. The number of carbonyl (C=O) groups is 1. The number of rotatable bonds is 5. The van der Waals surface area contributed by atoms with Crippen LogP contribution in [0.15, 0.2) is 77.9 Å². The second kappa shape index (κ2) is 9.00. The summed E-state index contributed by atoms with van der Waals surface area (Å²) in [5, 5.41) is 0. The zero-order valence-corrected chi connectivity index (χ0v) is 16.9. The molecule has 4 rings (SSSR count). The Hall–Kier alpha value is -4.15. The molecule has 0 saturated heterocycles. The lowest BCUT2D eigenvalue weighted by Gasteiger charge is -2.09. The van der Waals surface area contributed by atoms with Crippen molar-refractivity contribution in [1.29, 1.82) is 0 Å². The number of alkyl halides is 5. The molecule has 2 aromatic carbocycles. The maximum absolute atomic E-state index is 13.8. The summed E-state index contributed by atoms with van der Waals surface area (Å²) >= 11 is 0. The summed E-state index contributed by atoms with van der Waals surface area (Å²) in [7, 11) is 0. The van der Waals surface area contributed by atoms with E-state index in [4.69, 9.17) is 0 Å². The number of benzene rings is 2. The Labute approximate surface area is 188 Å². The molecule has 0 atom stereocenters. The molecule has 0 aliphatic carbocycles. The number of hydrogen-bond acceptors (Lipinski definition) is 4. The Bertz CT molecular complexity index is 1360. The van der Waals surface area contributed by atoms with Crippen LogP contribution in [0, 0.1) is 0 Å². The lowest BCUT2D eigenvalue weighted by Crippen LogP contribution is -2.05. The first kappa shape index (κ1) is 23.0. The minimum absolute atomic E-state index is 0.0283. The molecule has 2 aromatic heterocycles. The first-order valence-electron chi connectivity index (χ1n) is 9.62. The van der Waals surface area contributed by atoms with E-state index in [2.05, 4.69) is 14.7 Å². The van der Waals surface area contributed by atoms with Crippen molar-refractivity contribution in [3.63, 3.8) is 0 Å². The van der Waals surface area contributed by atoms with E-state index < -0.39 is 30.3 Å². The van der Waals surface area contributed by atoms with Crippen molar-refractivity contribution in [2.75, 3.05) is 0 Å². The van der Waals surface area contributed by atoms with Crippen molar-refractivity contribution in [2.45, 2.75) is 12.8 Å². The van der Waals surface area contributed by atoms with Gasteiger partial charge in [-0.05, 0) is 24.3 Å². The zero-order valence-electron chi connectivity index (χ0n) is 16.9. The van der Waals surface area contributed by atoms with Gasteiger partial charge in [-0.3, -0.25) is 9.20 Å². The summed E-state index contributed by atoms with van der Waals surface area (Å²) in [5.74, 6) is -0.783. The summed E-state index contributed by atoms with van der Waals surface area (Å²) in [6.45, 7) is -3.48. The van der Waals surface area contributed by atoms with Crippen molar-refractivity contribution >= 4 is 23.4 Å². The minimum Gasteiger partial charge on any atom is -0.393 e. The molecule has 5 nitrogen and oxygen atoms in total. The molecule has 34 heavy (non-hydrogen) atoms. The number of imidazole rings is 1. The number of carbonyl (C=O) groups excluding carboxylic acids is 1. The molecule has 174 valence electrons. The number of ketones is 1. The third-order valence-corrected chi connectivity index (χ3v) is 4.76. The van der Waals surface area contributed by atoms with Crippen molar-refractivity contribution < 1.29 is 35.9 Å². The van der Waals surface area contributed by atoms with E-state index in [-0.39, 0.29) is 28.3 Å². The van der Waals surface area contributed by atoms with Gasteiger partial charge in [-0.25, -0.2) is 4.98 Å². The van der Waals surface area contributed by atoms with Gasteiger partial charge in [0.25, 0.3) is 0 Å². The molecule has 0 fully saturated rings. The topological polar surface area (TPSA) is 56.0 Å². The van der Waals surface area contributed by atoms with E-state index in [1.165, 1.54) is 22.7 Å². The van der Waals surface area contributed by atoms with Gasteiger partial charge in [0.05, 0.1) is 11.3 Å². The maximum Gasteiger partial charge on any atom is 0.416 e. The SMILES string of the molecule is O=C(c1ccccc1)c1ccc2nc(/N=C(/F)OC(F)F)c(-c3ccc(C(F)(F)F)cc3)n2c1. The van der Waals surface area contributed by atoms with Gasteiger partial charge in [-0.1, -0.05) is 42.5 Å². The second-order valence-corrected chi connectivity index (χ2v) is 6.94. The van der Waals surface area contributed by atoms with Crippen LogP contribution < -0.4 is 0 Å². The van der Waals surface area contributed by atoms with Crippen LogP contribution in [0.5, 0.6) is 0 Å². The van der Waals surface area contributed by atoms with Crippen LogP contribution >= 0.6 is 0 Å². The lowest BCUT2D eigenvalue weighted by atomic mass is 10.0. The monoisotopic (exact) mass is 477 g/mol. The fourth-order valence-corrected chi connectivity index (χ4v) is 3.27. The number of hydrogen-bond donors (Lipinski definition) is 0. The highest BCUT2D eigenvalue weighted by Gasteiger charge is 2.30. The molecule has 0 unspecified atom stereocenters. The van der Waals surface area contributed by atoms with E-state index in [1.807, 2.05) is 0 Å². The first-order chi connectivity index (χ1) is 16.1. The van der Waals surface area contributed by atoms with Gasteiger partial charge in [0.2, 0.25) is 0 Å². The first-order valence-corrected chi connectivity index (χ1v) is 9.62. The fourth-order valence-electron chi connectivity index (χ4n) is 3.27. The van der Waals surface area contributed by atoms with E-state index in [1.54, 1.807) is 30.3 Å². The van der Waals surface area contributed by atoms with Gasteiger partial charge >= 0.3 is 18.9 Å². The van der Waals surface area contributed by atoms with Crippen LogP contribution in [0.2, 0.25) is 0 Å². The highest BCUT2D eigenvalue weighted by molar-refractivity contribution is 6.09. The number of ether oxygens (including phenoxy) is 1. The summed E-state index contributed by atoms with van der Waals surface area (Å²) in [4.78, 5) is 20.2. The minimum atomic E-state index is -4.59. The number of aliphatic imine (C=N–C) groups is 1. The van der Waals surface area contributed by atoms with E-state index >= 15 is 0 Å².